The Labute approximate surface area is 112 Å². The standard InChI is InChI=1S/C15H30N2O/c1-13-11-17(14-7-5-3-4-6-8-14)15(9-10-18)12-16(13)2/h13-15,18H,3-12H2,1-2H3. The zero-order chi connectivity index (χ0) is 13.0. The van der Waals surface area contributed by atoms with E-state index in [1.165, 1.54) is 45.1 Å². The molecule has 2 unspecified atom stereocenters. The normalized spacial score (nSPS) is 33.5. The molecule has 2 fully saturated rings. The molecule has 1 heterocycles. The molecule has 0 amide bonds. The van der Waals surface area contributed by atoms with Gasteiger partial charge in [-0.2, -0.15) is 0 Å². The number of rotatable bonds is 3. The number of nitrogens with zero attached hydrogens (tertiary/aromatic N) is 2. The molecule has 3 nitrogen and oxygen atoms in total. The van der Waals surface area contributed by atoms with Gasteiger partial charge in [-0.3, -0.25) is 4.90 Å². The second kappa shape index (κ2) is 6.88. The van der Waals surface area contributed by atoms with Gasteiger partial charge in [0.15, 0.2) is 0 Å². The minimum atomic E-state index is 0.329. The highest BCUT2D eigenvalue weighted by atomic mass is 16.3. The van der Waals surface area contributed by atoms with Crippen LogP contribution < -0.4 is 0 Å². The number of likely N-dealkylation sites (N-methyl/N-ethyl adjacent to an activating group) is 1. The van der Waals surface area contributed by atoms with Crippen molar-refractivity contribution in [2.75, 3.05) is 26.7 Å². The molecule has 106 valence electrons. The van der Waals surface area contributed by atoms with Crippen molar-refractivity contribution < 1.29 is 5.11 Å². The van der Waals surface area contributed by atoms with Gasteiger partial charge in [0.25, 0.3) is 0 Å². The summed E-state index contributed by atoms with van der Waals surface area (Å²) in [4.78, 5) is 5.18. The van der Waals surface area contributed by atoms with Crippen molar-refractivity contribution >= 4 is 0 Å². The van der Waals surface area contributed by atoms with Crippen LogP contribution in [0.5, 0.6) is 0 Å². The Balaban J connectivity index is 2.01. The zero-order valence-electron chi connectivity index (χ0n) is 12.1. The molecule has 0 aromatic rings. The number of hydrogen-bond donors (Lipinski definition) is 1. The third kappa shape index (κ3) is 3.46. The van der Waals surface area contributed by atoms with Gasteiger partial charge in [-0.25, -0.2) is 0 Å². The Morgan fingerprint density at radius 1 is 1.06 bits per heavy atom. The maximum atomic E-state index is 9.30. The second-order valence-electron chi connectivity index (χ2n) is 6.30. The van der Waals surface area contributed by atoms with Crippen LogP contribution >= 0.6 is 0 Å². The van der Waals surface area contributed by atoms with Gasteiger partial charge in [0.1, 0.15) is 0 Å². The molecule has 1 saturated carbocycles. The summed E-state index contributed by atoms with van der Waals surface area (Å²) in [6, 6.07) is 2.00. The first-order chi connectivity index (χ1) is 8.72. The molecule has 2 rings (SSSR count). The van der Waals surface area contributed by atoms with Gasteiger partial charge in [-0.05, 0) is 33.2 Å². The van der Waals surface area contributed by atoms with Crippen molar-refractivity contribution in [2.24, 2.45) is 0 Å². The van der Waals surface area contributed by atoms with E-state index >= 15 is 0 Å². The Kier molecular flexibility index (Phi) is 5.46. The second-order valence-corrected chi connectivity index (χ2v) is 6.30. The molecule has 0 aromatic carbocycles. The van der Waals surface area contributed by atoms with Gasteiger partial charge in [0.2, 0.25) is 0 Å². The summed E-state index contributed by atoms with van der Waals surface area (Å²) in [5, 5.41) is 9.30. The molecule has 1 saturated heterocycles. The van der Waals surface area contributed by atoms with Crippen LogP contribution in [0.15, 0.2) is 0 Å². The summed E-state index contributed by atoms with van der Waals surface area (Å²) >= 11 is 0. The maximum Gasteiger partial charge on any atom is 0.0446 e. The first-order valence-electron chi connectivity index (χ1n) is 7.79. The van der Waals surface area contributed by atoms with Crippen LogP contribution in [0, 0.1) is 0 Å². The molecule has 1 N–H and O–H groups in total. The first-order valence-corrected chi connectivity index (χ1v) is 7.79. The van der Waals surface area contributed by atoms with Crippen molar-refractivity contribution in [3.05, 3.63) is 0 Å². The quantitative estimate of drug-likeness (QED) is 0.781. The number of aliphatic hydroxyl groups is 1. The van der Waals surface area contributed by atoms with E-state index in [1.54, 1.807) is 0 Å². The Morgan fingerprint density at radius 2 is 1.72 bits per heavy atom. The zero-order valence-corrected chi connectivity index (χ0v) is 12.1. The lowest BCUT2D eigenvalue weighted by molar-refractivity contribution is 0.00564. The van der Waals surface area contributed by atoms with Gasteiger partial charge in [0, 0.05) is 37.8 Å². The SMILES string of the molecule is CC1CN(C2CCCCCC2)C(CCO)CN1C. The average molecular weight is 254 g/mol. The minimum absolute atomic E-state index is 0.329. The minimum Gasteiger partial charge on any atom is -0.396 e. The Bertz CT molecular complexity index is 237. The van der Waals surface area contributed by atoms with E-state index in [2.05, 4.69) is 23.8 Å². The molecular formula is C15H30N2O. The lowest BCUT2D eigenvalue weighted by Gasteiger charge is -2.47. The maximum absolute atomic E-state index is 9.30. The highest BCUT2D eigenvalue weighted by Gasteiger charge is 2.33. The first kappa shape index (κ1) is 14.3. The van der Waals surface area contributed by atoms with Gasteiger partial charge in [0.05, 0.1) is 0 Å². The highest BCUT2D eigenvalue weighted by Crippen LogP contribution is 2.27. The van der Waals surface area contributed by atoms with Gasteiger partial charge in [-0.15, -0.1) is 0 Å². The fraction of sp³-hybridized carbons (Fsp3) is 1.00. The van der Waals surface area contributed by atoms with Crippen molar-refractivity contribution in [1.82, 2.24) is 9.80 Å². The van der Waals surface area contributed by atoms with E-state index in [4.69, 9.17) is 0 Å². The number of piperazine rings is 1. The summed E-state index contributed by atoms with van der Waals surface area (Å²) in [6.45, 7) is 4.97. The fourth-order valence-corrected chi connectivity index (χ4v) is 3.65. The van der Waals surface area contributed by atoms with E-state index in [0.29, 0.717) is 18.7 Å². The van der Waals surface area contributed by atoms with Gasteiger partial charge < -0.3 is 10.0 Å². The predicted octanol–water partition coefficient (Wildman–Crippen LogP) is 2.10. The number of aliphatic hydroxyl groups excluding tert-OH is 1. The molecular weight excluding hydrogens is 224 g/mol. The van der Waals surface area contributed by atoms with Crippen LogP contribution in [0.2, 0.25) is 0 Å². The van der Waals surface area contributed by atoms with E-state index in [9.17, 15) is 5.11 Å². The molecule has 1 aliphatic heterocycles. The fourth-order valence-electron chi connectivity index (χ4n) is 3.65. The molecule has 2 aliphatic rings. The van der Waals surface area contributed by atoms with Crippen LogP contribution in [0.3, 0.4) is 0 Å². The summed E-state index contributed by atoms with van der Waals surface area (Å²) in [7, 11) is 2.22. The van der Waals surface area contributed by atoms with Gasteiger partial charge in [-0.1, -0.05) is 25.7 Å². The lowest BCUT2D eigenvalue weighted by Crippen LogP contribution is -2.59. The molecule has 18 heavy (non-hydrogen) atoms. The van der Waals surface area contributed by atoms with E-state index in [1.807, 2.05) is 0 Å². The van der Waals surface area contributed by atoms with Gasteiger partial charge >= 0.3 is 0 Å². The summed E-state index contributed by atoms with van der Waals surface area (Å²) in [6.07, 6.45) is 9.33. The van der Waals surface area contributed by atoms with Crippen LogP contribution in [0.4, 0.5) is 0 Å². The van der Waals surface area contributed by atoms with Crippen LogP contribution in [0.1, 0.15) is 51.9 Å². The molecule has 0 bridgehead atoms. The largest absolute Gasteiger partial charge is 0.396 e. The molecule has 0 radical (unpaired) electrons. The predicted molar refractivity (Wildman–Crippen MR) is 75.8 cm³/mol. The molecule has 2 atom stereocenters. The smallest absolute Gasteiger partial charge is 0.0446 e. The van der Waals surface area contributed by atoms with Crippen LogP contribution in [-0.4, -0.2) is 59.8 Å². The molecule has 3 heteroatoms. The van der Waals surface area contributed by atoms with Crippen molar-refractivity contribution in [1.29, 1.82) is 0 Å². The van der Waals surface area contributed by atoms with E-state index in [0.717, 1.165) is 19.0 Å². The third-order valence-corrected chi connectivity index (χ3v) is 4.95. The van der Waals surface area contributed by atoms with Crippen molar-refractivity contribution in [2.45, 2.75) is 70.0 Å². The van der Waals surface area contributed by atoms with Crippen LogP contribution in [0.25, 0.3) is 0 Å². The lowest BCUT2D eigenvalue weighted by atomic mass is 9.98. The molecule has 1 aliphatic carbocycles. The Hall–Kier alpha value is -0.120. The monoisotopic (exact) mass is 254 g/mol. The summed E-state index contributed by atoms with van der Waals surface area (Å²) < 4.78 is 0. The topological polar surface area (TPSA) is 26.7 Å². The third-order valence-electron chi connectivity index (χ3n) is 4.95. The molecule has 0 spiro atoms. The molecule has 0 aromatic heterocycles. The van der Waals surface area contributed by atoms with Crippen molar-refractivity contribution in [3.8, 4) is 0 Å². The summed E-state index contributed by atoms with van der Waals surface area (Å²) in [5.41, 5.74) is 0. The number of hydrogen-bond acceptors (Lipinski definition) is 3. The highest BCUT2D eigenvalue weighted by molar-refractivity contribution is 4.89. The Morgan fingerprint density at radius 3 is 2.33 bits per heavy atom. The van der Waals surface area contributed by atoms with Crippen molar-refractivity contribution in [3.63, 3.8) is 0 Å². The van der Waals surface area contributed by atoms with E-state index < -0.39 is 0 Å². The summed E-state index contributed by atoms with van der Waals surface area (Å²) in [5.74, 6) is 0. The average Bonchev–Trinajstić information content (AvgIpc) is 2.62. The van der Waals surface area contributed by atoms with E-state index in [-0.39, 0.29) is 0 Å². The van der Waals surface area contributed by atoms with Crippen LogP contribution in [-0.2, 0) is 0 Å².